The van der Waals surface area contributed by atoms with Gasteiger partial charge in [0.15, 0.2) is 0 Å². The van der Waals surface area contributed by atoms with Crippen molar-refractivity contribution >= 4 is 0 Å². The van der Waals surface area contributed by atoms with Gasteiger partial charge in [0.05, 0.1) is 0 Å². The molecule has 0 heterocycles. The first-order chi connectivity index (χ1) is 12.2. The van der Waals surface area contributed by atoms with Crippen molar-refractivity contribution in [1.29, 1.82) is 0 Å². The Morgan fingerprint density at radius 2 is 1.73 bits per heavy atom. The maximum absolute atomic E-state index is 2.61. The number of fused-ring (bicyclic) bond motifs is 1. The zero-order chi connectivity index (χ0) is 19.5. The molecule has 2 saturated carbocycles. The summed E-state index contributed by atoms with van der Waals surface area (Å²) >= 11 is 0. The predicted octanol–water partition coefficient (Wildman–Crippen LogP) is 8.74. The average Bonchev–Trinajstić information content (AvgIpc) is 3.17. The number of rotatable bonds is 10. The van der Waals surface area contributed by atoms with Crippen LogP contribution in [0.15, 0.2) is 0 Å². The molecule has 0 heteroatoms. The molecule has 154 valence electrons. The van der Waals surface area contributed by atoms with Crippen LogP contribution in [-0.4, -0.2) is 0 Å². The van der Waals surface area contributed by atoms with Crippen LogP contribution in [0.4, 0.5) is 0 Å². The van der Waals surface area contributed by atoms with E-state index in [-0.39, 0.29) is 0 Å². The lowest BCUT2D eigenvalue weighted by Crippen LogP contribution is -2.30. The van der Waals surface area contributed by atoms with Gasteiger partial charge in [-0.1, -0.05) is 93.9 Å². The van der Waals surface area contributed by atoms with Crippen LogP contribution in [0.1, 0.15) is 120 Å². The molecule has 0 aromatic carbocycles. The molecule has 0 saturated heterocycles. The van der Waals surface area contributed by atoms with E-state index in [0.717, 1.165) is 35.5 Å². The second-order valence-corrected chi connectivity index (χ2v) is 11.4. The van der Waals surface area contributed by atoms with Crippen LogP contribution >= 0.6 is 0 Å². The molecule has 26 heavy (non-hydrogen) atoms. The van der Waals surface area contributed by atoms with E-state index in [4.69, 9.17) is 0 Å². The molecule has 2 rings (SSSR count). The third-order valence-electron chi connectivity index (χ3n) is 8.95. The van der Waals surface area contributed by atoms with Gasteiger partial charge in [-0.2, -0.15) is 0 Å². The summed E-state index contributed by atoms with van der Waals surface area (Å²) in [5.41, 5.74) is 1.17. The average molecular weight is 363 g/mol. The molecule has 0 aromatic rings. The summed E-state index contributed by atoms with van der Waals surface area (Å²) in [6.07, 6.45) is 14.6. The highest BCUT2D eigenvalue weighted by molar-refractivity contribution is 5.16. The van der Waals surface area contributed by atoms with E-state index in [1.54, 1.807) is 0 Å². The Balaban J connectivity index is 2.05. The maximum atomic E-state index is 2.61. The van der Waals surface area contributed by atoms with Gasteiger partial charge in [-0.25, -0.2) is 0 Å². The minimum absolute atomic E-state index is 0.517. The highest BCUT2D eigenvalue weighted by Crippen LogP contribution is 2.75. The van der Waals surface area contributed by atoms with Gasteiger partial charge in [0.25, 0.3) is 0 Å². The molecular weight excluding hydrogens is 312 g/mol. The van der Waals surface area contributed by atoms with Gasteiger partial charge >= 0.3 is 0 Å². The highest BCUT2D eigenvalue weighted by Gasteiger charge is 2.68. The lowest BCUT2D eigenvalue weighted by molar-refractivity contribution is 0.105. The van der Waals surface area contributed by atoms with Crippen molar-refractivity contribution in [2.45, 2.75) is 120 Å². The summed E-state index contributed by atoms with van der Waals surface area (Å²) in [6.45, 7) is 20.0. The first kappa shape index (κ1) is 22.3. The van der Waals surface area contributed by atoms with Crippen LogP contribution in [0.2, 0.25) is 0 Å². The Morgan fingerprint density at radius 1 is 1.04 bits per heavy atom. The van der Waals surface area contributed by atoms with Crippen LogP contribution in [0.3, 0.4) is 0 Å². The van der Waals surface area contributed by atoms with Gasteiger partial charge in [-0.3, -0.25) is 0 Å². The van der Waals surface area contributed by atoms with Crippen molar-refractivity contribution in [2.24, 2.45) is 46.3 Å². The van der Waals surface area contributed by atoms with Crippen molar-refractivity contribution in [1.82, 2.24) is 0 Å². The van der Waals surface area contributed by atoms with E-state index in [1.165, 1.54) is 64.2 Å². The summed E-state index contributed by atoms with van der Waals surface area (Å²) in [4.78, 5) is 0. The Hall–Kier alpha value is 0. The van der Waals surface area contributed by atoms with E-state index in [1.807, 2.05) is 0 Å². The lowest BCUT2D eigenvalue weighted by Gasteiger charge is -2.39. The van der Waals surface area contributed by atoms with Crippen LogP contribution in [-0.2, 0) is 0 Å². The topological polar surface area (TPSA) is 0 Å². The molecule has 0 spiro atoms. The standard InChI is InChI=1S/C26H50/c1-9-11-12-13-14-22(10-2)23-15-16-26(25(7,8)18-19(3)4)21(6)24(26)17-20(23)5/h19-24H,9-18H2,1-8H3. The van der Waals surface area contributed by atoms with Crippen molar-refractivity contribution in [2.75, 3.05) is 0 Å². The summed E-state index contributed by atoms with van der Waals surface area (Å²) < 4.78 is 0. The Morgan fingerprint density at radius 3 is 2.31 bits per heavy atom. The van der Waals surface area contributed by atoms with Crippen molar-refractivity contribution in [3.05, 3.63) is 0 Å². The minimum Gasteiger partial charge on any atom is -0.0654 e. The second kappa shape index (κ2) is 9.00. The normalized spacial score (nSPS) is 35.9. The van der Waals surface area contributed by atoms with E-state index in [9.17, 15) is 0 Å². The third-order valence-corrected chi connectivity index (χ3v) is 8.95. The smallest absolute Gasteiger partial charge is 0.0186 e. The van der Waals surface area contributed by atoms with Gasteiger partial charge in [0.2, 0.25) is 0 Å². The molecule has 0 N–H and O–H groups in total. The fourth-order valence-corrected chi connectivity index (χ4v) is 7.74. The van der Waals surface area contributed by atoms with Crippen molar-refractivity contribution in [3.8, 4) is 0 Å². The second-order valence-electron chi connectivity index (χ2n) is 11.4. The summed E-state index contributed by atoms with van der Waals surface area (Å²) in [7, 11) is 0. The number of hydrogen-bond acceptors (Lipinski definition) is 0. The Kier molecular flexibility index (Phi) is 7.72. The predicted molar refractivity (Wildman–Crippen MR) is 117 cm³/mol. The van der Waals surface area contributed by atoms with E-state index in [0.29, 0.717) is 10.8 Å². The molecule has 6 atom stereocenters. The monoisotopic (exact) mass is 362 g/mol. The van der Waals surface area contributed by atoms with E-state index >= 15 is 0 Å². The molecule has 0 amide bonds. The van der Waals surface area contributed by atoms with Gasteiger partial charge < -0.3 is 0 Å². The van der Waals surface area contributed by atoms with E-state index in [2.05, 4.69) is 55.4 Å². The first-order valence-corrected chi connectivity index (χ1v) is 12.2. The molecule has 2 aliphatic carbocycles. The quantitative estimate of drug-likeness (QED) is 0.341. The first-order valence-electron chi connectivity index (χ1n) is 12.2. The Labute approximate surface area is 166 Å². The lowest BCUT2D eigenvalue weighted by atomic mass is 9.66. The van der Waals surface area contributed by atoms with Crippen LogP contribution < -0.4 is 0 Å². The molecule has 2 fully saturated rings. The molecular formula is C26H50. The molecule has 0 aliphatic heterocycles. The summed E-state index contributed by atoms with van der Waals surface area (Å²) in [6, 6.07) is 0. The van der Waals surface area contributed by atoms with Gasteiger partial charge in [-0.05, 0) is 72.0 Å². The van der Waals surface area contributed by atoms with Crippen LogP contribution in [0.25, 0.3) is 0 Å². The SMILES string of the molecule is CCCCCCC(CC)C1CCC2(C(C)(C)CC(C)C)C(C)C2CC1C. The van der Waals surface area contributed by atoms with Gasteiger partial charge in [0, 0.05) is 0 Å². The third kappa shape index (κ3) is 4.35. The largest absolute Gasteiger partial charge is 0.0654 e. The molecule has 0 aromatic heterocycles. The fourth-order valence-electron chi connectivity index (χ4n) is 7.74. The zero-order valence-corrected chi connectivity index (χ0v) is 19.5. The molecule has 0 nitrogen and oxygen atoms in total. The minimum atomic E-state index is 0.517. The van der Waals surface area contributed by atoms with Crippen LogP contribution in [0, 0.1) is 46.3 Å². The maximum Gasteiger partial charge on any atom is -0.0186 e. The van der Waals surface area contributed by atoms with Gasteiger partial charge in [-0.15, -0.1) is 0 Å². The number of unbranched alkanes of at least 4 members (excludes halogenated alkanes) is 3. The van der Waals surface area contributed by atoms with Crippen LogP contribution in [0.5, 0.6) is 0 Å². The molecule has 6 unspecified atom stereocenters. The van der Waals surface area contributed by atoms with Crippen molar-refractivity contribution < 1.29 is 0 Å². The molecule has 0 bridgehead atoms. The summed E-state index contributed by atoms with van der Waals surface area (Å²) in [5.74, 6) is 5.72. The zero-order valence-electron chi connectivity index (χ0n) is 19.5. The fraction of sp³-hybridized carbons (Fsp3) is 1.00. The highest BCUT2D eigenvalue weighted by atomic mass is 14.7. The Bertz CT molecular complexity index is 420. The number of hydrogen-bond donors (Lipinski definition) is 0. The molecule has 0 radical (unpaired) electrons. The van der Waals surface area contributed by atoms with E-state index < -0.39 is 0 Å². The van der Waals surface area contributed by atoms with Gasteiger partial charge in [0.1, 0.15) is 0 Å². The molecule has 2 aliphatic rings. The van der Waals surface area contributed by atoms with Crippen molar-refractivity contribution in [3.63, 3.8) is 0 Å². The summed E-state index contributed by atoms with van der Waals surface area (Å²) in [5, 5.41) is 0.